The van der Waals surface area contributed by atoms with Crippen LogP contribution < -0.4 is 0 Å². The Morgan fingerprint density at radius 2 is 2.00 bits per heavy atom. The molecule has 1 saturated heterocycles. The van der Waals surface area contributed by atoms with Gasteiger partial charge in [0.25, 0.3) is 0 Å². The largest absolute Gasteiger partial charge is 0.391 e. The number of piperidine rings is 1. The minimum Gasteiger partial charge on any atom is -0.391 e. The molecule has 3 heterocycles. The number of likely N-dealkylation sites (tertiary alicyclic amines) is 1. The average Bonchev–Trinajstić information content (AvgIpc) is 3.21. The Balaban J connectivity index is 1.36. The van der Waals surface area contributed by atoms with Crippen molar-refractivity contribution in [3.63, 3.8) is 0 Å². The van der Waals surface area contributed by atoms with Crippen LogP contribution in [0.5, 0.6) is 0 Å². The number of benzene rings is 1. The SMILES string of the molecule is CCC1=NOC(CN2CCC(c3nc4ccccc4n3C)CC2)C1. The van der Waals surface area contributed by atoms with Crippen LogP contribution in [-0.2, 0) is 11.9 Å². The molecule has 0 spiro atoms. The maximum atomic E-state index is 5.56. The van der Waals surface area contributed by atoms with Crippen LogP contribution in [0.4, 0.5) is 0 Å². The molecule has 5 heteroatoms. The summed E-state index contributed by atoms with van der Waals surface area (Å²) in [5.41, 5.74) is 3.55. The van der Waals surface area contributed by atoms with E-state index in [1.54, 1.807) is 0 Å². The molecule has 4 rings (SSSR count). The predicted molar refractivity (Wildman–Crippen MR) is 96.3 cm³/mol. The van der Waals surface area contributed by atoms with Crippen LogP contribution >= 0.6 is 0 Å². The van der Waals surface area contributed by atoms with Gasteiger partial charge in [-0.05, 0) is 44.5 Å². The summed E-state index contributed by atoms with van der Waals surface area (Å²) in [5, 5.41) is 4.18. The molecule has 0 N–H and O–H groups in total. The van der Waals surface area contributed by atoms with Gasteiger partial charge in [-0.25, -0.2) is 4.98 Å². The van der Waals surface area contributed by atoms with E-state index in [1.165, 1.54) is 29.9 Å². The van der Waals surface area contributed by atoms with Gasteiger partial charge < -0.3 is 9.40 Å². The third-order valence-corrected chi connectivity index (χ3v) is 5.44. The van der Waals surface area contributed by atoms with Crippen molar-refractivity contribution in [2.75, 3.05) is 19.6 Å². The number of hydrogen-bond acceptors (Lipinski definition) is 4. The first kappa shape index (κ1) is 15.6. The molecular formula is C19H26N4O. The van der Waals surface area contributed by atoms with Gasteiger partial charge in [-0.1, -0.05) is 24.2 Å². The zero-order valence-electron chi connectivity index (χ0n) is 14.6. The Morgan fingerprint density at radius 3 is 2.71 bits per heavy atom. The average molecular weight is 326 g/mol. The molecule has 1 fully saturated rings. The minimum atomic E-state index is 0.257. The Bertz CT molecular complexity index is 743. The van der Waals surface area contributed by atoms with E-state index in [2.05, 4.69) is 52.9 Å². The Morgan fingerprint density at radius 1 is 1.21 bits per heavy atom. The Hall–Kier alpha value is -1.88. The minimum absolute atomic E-state index is 0.257. The van der Waals surface area contributed by atoms with E-state index in [0.717, 1.165) is 38.0 Å². The fraction of sp³-hybridized carbons (Fsp3) is 0.579. The number of fused-ring (bicyclic) bond motifs is 1. The third-order valence-electron chi connectivity index (χ3n) is 5.44. The lowest BCUT2D eigenvalue weighted by molar-refractivity contribution is 0.0451. The molecule has 0 saturated carbocycles. The van der Waals surface area contributed by atoms with Crippen molar-refractivity contribution in [1.29, 1.82) is 0 Å². The number of aromatic nitrogens is 2. The van der Waals surface area contributed by atoms with Gasteiger partial charge in [0.1, 0.15) is 11.9 Å². The summed E-state index contributed by atoms with van der Waals surface area (Å²) in [7, 11) is 2.15. The van der Waals surface area contributed by atoms with Crippen LogP contribution in [0.1, 0.15) is 44.3 Å². The first-order chi connectivity index (χ1) is 11.7. The summed E-state index contributed by atoms with van der Waals surface area (Å²) < 4.78 is 2.27. The number of para-hydroxylation sites is 2. The number of oxime groups is 1. The lowest BCUT2D eigenvalue weighted by Crippen LogP contribution is -2.38. The molecule has 1 unspecified atom stereocenters. The van der Waals surface area contributed by atoms with E-state index < -0.39 is 0 Å². The highest BCUT2D eigenvalue weighted by molar-refractivity contribution is 5.85. The molecule has 128 valence electrons. The zero-order chi connectivity index (χ0) is 16.5. The van der Waals surface area contributed by atoms with Gasteiger partial charge in [0.2, 0.25) is 0 Å². The normalized spacial score (nSPS) is 22.8. The highest BCUT2D eigenvalue weighted by Gasteiger charge is 2.28. The van der Waals surface area contributed by atoms with Crippen molar-refractivity contribution in [2.24, 2.45) is 12.2 Å². The molecule has 0 amide bonds. The van der Waals surface area contributed by atoms with Crippen LogP contribution in [0, 0.1) is 0 Å². The summed E-state index contributed by atoms with van der Waals surface area (Å²) in [6.45, 7) is 5.39. The second-order valence-electron chi connectivity index (χ2n) is 7.04. The molecule has 2 aliphatic rings. The first-order valence-electron chi connectivity index (χ1n) is 9.10. The molecule has 0 bridgehead atoms. The standard InChI is InChI=1S/C19H26N4O/c1-3-15-12-16(24-21-15)13-23-10-8-14(9-11-23)19-20-17-6-4-5-7-18(17)22(19)2/h4-7,14,16H,3,8-13H2,1-2H3. The van der Waals surface area contributed by atoms with E-state index in [0.29, 0.717) is 5.92 Å². The van der Waals surface area contributed by atoms with E-state index in [9.17, 15) is 0 Å². The quantitative estimate of drug-likeness (QED) is 0.866. The van der Waals surface area contributed by atoms with E-state index in [1.807, 2.05) is 0 Å². The summed E-state index contributed by atoms with van der Waals surface area (Å²) in [6, 6.07) is 8.42. The predicted octanol–water partition coefficient (Wildman–Crippen LogP) is 3.31. The van der Waals surface area contributed by atoms with Gasteiger partial charge in [-0.3, -0.25) is 4.90 Å². The van der Waals surface area contributed by atoms with Crippen molar-refractivity contribution in [3.8, 4) is 0 Å². The highest BCUT2D eigenvalue weighted by Crippen LogP contribution is 2.30. The molecule has 0 aliphatic carbocycles. The second kappa shape index (κ2) is 6.55. The van der Waals surface area contributed by atoms with Crippen LogP contribution in [-0.4, -0.2) is 45.9 Å². The maximum absolute atomic E-state index is 5.56. The molecule has 1 aromatic carbocycles. The summed E-state index contributed by atoms with van der Waals surface area (Å²) in [5.74, 6) is 1.80. The van der Waals surface area contributed by atoms with Gasteiger partial charge in [0.05, 0.1) is 16.7 Å². The summed E-state index contributed by atoms with van der Waals surface area (Å²) in [4.78, 5) is 13.0. The molecule has 24 heavy (non-hydrogen) atoms. The van der Waals surface area contributed by atoms with Crippen LogP contribution in [0.2, 0.25) is 0 Å². The monoisotopic (exact) mass is 326 g/mol. The van der Waals surface area contributed by atoms with Crippen molar-refractivity contribution in [3.05, 3.63) is 30.1 Å². The van der Waals surface area contributed by atoms with E-state index >= 15 is 0 Å². The zero-order valence-corrected chi connectivity index (χ0v) is 14.6. The highest BCUT2D eigenvalue weighted by atomic mass is 16.6. The van der Waals surface area contributed by atoms with Gasteiger partial charge in [-0.15, -0.1) is 0 Å². The fourth-order valence-corrected chi connectivity index (χ4v) is 3.98. The number of hydrogen-bond donors (Lipinski definition) is 0. The molecule has 2 aromatic rings. The van der Waals surface area contributed by atoms with Crippen LogP contribution in [0.15, 0.2) is 29.4 Å². The van der Waals surface area contributed by atoms with Crippen molar-refractivity contribution >= 4 is 16.7 Å². The van der Waals surface area contributed by atoms with Crippen molar-refractivity contribution in [2.45, 2.75) is 44.6 Å². The maximum Gasteiger partial charge on any atom is 0.145 e. The molecule has 2 aliphatic heterocycles. The van der Waals surface area contributed by atoms with Crippen molar-refractivity contribution < 1.29 is 4.84 Å². The molecule has 1 atom stereocenters. The number of nitrogens with zero attached hydrogens (tertiary/aromatic N) is 4. The molecular weight excluding hydrogens is 300 g/mol. The first-order valence-corrected chi connectivity index (χ1v) is 9.10. The fourth-order valence-electron chi connectivity index (χ4n) is 3.98. The van der Waals surface area contributed by atoms with E-state index in [4.69, 9.17) is 9.82 Å². The summed E-state index contributed by atoms with van der Waals surface area (Å²) in [6.07, 6.45) is 4.61. The number of aryl methyl sites for hydroxylation is 1. The second-order valence-corrected chi connectivity index (χ2v) is 7.04. The third kappa shape index (κ3) is 2.93. The van der Waals surface area contributed by atoms with Crippen LogP contribution in [0.25, 0.3) is 11.0 Å². The van der Waals surface area contributed by atoms with Gasteiger partial charge in [-0.2, -0.15) is 0 Å². The molecule has 5 nitrogen and oxygen atoms in total. The van der Waals surface area contributed by atoms with Gasteiger partial charge >= 0.3 is 0 Å². The Labute approximate surface area is 143 Å². The van der Waals surface area contributed by atoms with E-state index in [-0.39, 0.29) is 6.10 Å². The van der Waals surface area contributed by atoms with Gasteiger partial charge in [0, 0.05) is 25.9 Å². The summed E-state index contributed by atoms with van der Waals surface area (Å²) >= 11 is 0. The van der Waals surface area contributed by atoms with Crippen molar-refractivity contribution in [1.82, 2.24) is 14.5 Å². The molecule has 0 radical (unpaired) electrons. The number of rotatable bonds is 4. The lowest BCUT2D eigenvalue weighted by atomic mass is 9.95. The molecule has 1 aromatic heterocycles. The number of imidazole rings is 1. The van der Waals surface area contributed by atoms with Crippen LogP contribution in [0.3, 0.4) is 0 Å². The smallest absolute Gasteiger partial charge is 0.145 e. The topological polar surface area (TPSA) is 42.6 Å². The Kier molecular flexibility index (Phi) is 4.27. The lowest BCUT2D eigenvalue weighted by Gasteiger charge is -2.32. The van der Waals surface area contributed by atoms with Gasteiger partial charge in [0.15, 0.2) is 0 Å².